The molecule has 280 valence electrons. The van der Waals surface area contributed by atoms with Crippen molar-refractivity contribution in [3.05, 3.63) is 130 Å². The van der Waals surface area contributed by atoms with Crippen molar-refractivity contribution in [2.45, 2.75) is 71.1 Å². The summed E-state index contributed by atoms with van der Waals surface area (Å²) in [6.07, 6.45) is 11.7. The minimum Gasteiger partial charge on any atom is -0.508 e. The first kappa shape index (κ1) is 36.3. The van der Waals surface area contributed by atoms with E-state index in [0.717, 1.165) is 66.4 Å². The largest absolute Gasteiger partial charge is 0.508 e. The number of phenolic OH excluding ortho intramolecular Hbond substituents is 1. The summed E-state index contributed by atoms with van der Waals surface area (Å²) in [5.74, 6) is 0.545. The lowest BCUT2D eigenvalue weighted by Crippen LogP contribution is -2.52. The first-order chi connectivity index (χ1) is 26.4. The number of phenols is 1. The second kappa shape index (κ2) is 15.2. The summed E-state index contributed by atoms with van der Waals surface area (Å²) in [5.41, 5.74) is 6.35. The molecule has 3 N–H and O–H groups in total. The molecule has 0 radical (unpaired) electrons. The van der Waals surface area contributed by atoms with Crippen LogP contribution in [0.4, 0.5) is 0 Å². The van der Waals surface area contributed by atoms with E-state index in [1.165, 1.54) is 5.56 Å². The van der Waals surface area contributed by atoms with Crippen LogP contribution in [0.1, 0.15) is 75.8 Å². The summed E-state index contributed by atoms with van der Waals surface area (Å²) in [6.45, 7) is 2.32. The number of cyclic esters (lactones) is 2. The molecule has 7 heteroatoms. The number of hydrogen-bond donors (Lipinski definition) is 3. The van der Waals surface area contributed by atoms with Crippen LogP contribution in [0.5, 0.6) is 5.75 Å². The molecule has 1 saturated heterocycles. The molecule has 2 bridgehead atoms. The lowest BCUT2D eigenvalue weighted by Gasteiger charge is -2.56. The number of benzene rings is 3. The van der Waals surface area contributed by atoms with Crippen LogP contribution >= 0.6 is 0 Å². The third-order valence-corrected chi connectivity index (χ3v) is 12.9. The van der Waals surface area contributed by atoms with Crippen LogP contribution in [0.2, 0.25) is 0 Å². The summed E-state index contributed by atoms with van der Waals surface area (Å²) in [5, 5.41) is 30.3. The fourth-order valence-electron chi connectivity index (χ4n) is 10.4. The van der Waals surface area contributed by atoms with Crippen molar-refractivity contribution in [3.8, 4) is 16.9 Å². The second-order valence-electron chi connectivity index (χ2n) is 15.8. The topological polar surface area (TPSA) is 113 Å². The van der Waals surface area contributed by atoms with E-state index in [4.69, 9.17) is 9.47 Å². The minimum atomic E-state index is -0.858. The summed E-state index contributed by atoms with van der Waals surface area (Å²) >= 11 is 0. The molecule has 9 rings (SSSR count). The summed E-state index contributed by atoms with van der Waals surface area (Å²) in [6, 6.07) is 25.9. The molecular weight excluding hydrogens is 677 g/mol. The van der Waals surface area contributed by atoms with Crippen molar-refractivity contribution in [3.63, 3.8) is 0 Å². The van der Waals surface area contributed by atoms with Crippen molar-refractivity contribution in [2.75, 3.05) is 13.2 Å². The Hall–Kier alpha value is -4.72. The molecule has 2 aliphatic heterocycles. The first-order valence-corrected chi connectivity index (χ1v) is 19.9. The number of aliphatic hydroxyl groups is 2. The lowest BCUT2D eigenvalue weighted by molar-refractivity contribution is -0.135. The van der Waals surface area contributed by atoms with Gasteiger partial charge in [-0.2, -0.15) is 0 Å². The summed E-state index contributed by atoms with van der Waals surface area (Å²) in [4.78, 5) is 28.8. The van der Waals surface area contributed by atoms with Gasteiger partial charge in [-0.25, -0.2) is 9.59 Å². The van der Waals surface area contributed by atoms with E-state index in [1.54, 1.807) is 6.07 Å². The van der Waals surface area contributed by atoms with E-state index in [-0.39, 0.29) is 60.5 Å². The van der Waals surface area contributed by atoms with E-state index in [9.17, 15) is 24.9 Å². The van der Waals surface area contributed by atoms with Gasteiger partial charge in [-0.15, -0.1) is 0 Å². The number of unbranched alkanes of at least 4 members (excludes halogenated alkanes) is 1. The molecule has 1 spiro atoms. The van der Waals surface area contributed by atoms with Gasteiger partial charge in [-0.05, 0) is 134 Å². The Bertz CT molecular complexity index is 2040. The van der Waals surface area contributed by atoms with Crippen LogP contribution in [0, 0.1) is 35.0 Å². The molecule has 2 fully saturated rings. The Morgan fingerprint density at radius 3 is 2.41 bits per heavy atom. The van der Waals surface area contributed by atoms with Crippen molar-refractivity contribution in [1.82, 2.24) is 0 Å². The first-order valence-electron chi connectivity index (χ1n) is 19.9. The number of aliphatic hydroxyl groups excluding tert-OH is 2. The van der Waals surface area contributed by atoms with Gasteiger partial charge in [0.1, 0.15) is 17.3 Å². The number of fused-ring (bicyclic) bond motifs is 1. The number of hydrogen-bond acceptors (Lipinski definition) is 7. The van der Waals surface area contributed by atoms with Crippen molar-refractivity contribution < 1.29 is 34.4 Å². The van der Waals surface area contributed by atoms with Gasteiger partial charge in [0.2, 0.25) is 0 Å². The number of carbonyl (C=O) groups excluding carboxylic acids is 2. The van der Waals surface area contributed by atoms with E-state index < -0.39 is 5.41 Å². The smallest absolute Gasteiger partial charge is 0.340 e. The van der Waals surface area contributed by atoms with Gasteiger partial charge in [0, 0.05) is 30.3 Å². The van der Waals surface area contributed by atoms with Crippen LogP contribution in [-0.4, -0.2) is 40.5 Å². The monoisotopic (exact) mass is 726 g/mol. The van der Waals surface area contributed by atoms with E-state index in [2.05, 4.69) is 37.3 Å². The Labute approximate surface area is 317 Å². The molecule has 54 heavy (non-hydrogen) atoms. The Kier molecular flexibility index (Phi) is 10.2. The van der Waals surface area contributed by atoms with Crippen LogP contribution in [0.25, 0.3) is 16.7 Å². The third-order valence-electron chi connectivity index (χ3n) is 12.9. The quantitative estimate of drug-likeness (QED) is 0.119. The van der Waals surface area contributed by atoms with Gasteiger partial charge in [0.15, 0.2) is 0 Å². The molecule has 6 aliphatic rings. The standard InChI is InChI=1S/C47H50O7/c1-2-29(25-30-11-5-3-6-12-30)26-40-47-23-22-35(41(44(47)46(52)54-40)38-27-33(50)17-18-34(38)32-14-7-4-8-15-32)36-19-20-37-39(53-45(51)42(37)43(36)47)21-16-31(28-49)13-9-10-24-48/h3-8,11-12,14-15,17-18,21,26-27,29,31,35-36,43,48-50H,2,9-10,13,16,19-20,22-25,28H2,1H3. The predicted octanol–water partition coefficient (Wildman–Crippen LogP) is 8.86. The van der Waals surface area contributed by atoms with E-state index >= 15 is 0 Å². The van der Waals surface area contributed by atoms with E-state index in [0.29, 0.717) is 48.3 Å². The van der Waals surface area contributed by atoms with Crippen LogP contribution in [0.15, 0.2) is 119 Å². The maximum atomic E-state index is 14.6. The fraction of sp³-hybridized carbons (Fsp3) is 0.404. The molecule has 0 aromatic heterocycles. The lowest BCUT2D eigenvalue weighted by atomic mass is 9.44. The minimum absolute atomic E-state index is 0.0113. The van der Waals surface area contributed by atoms with Crippen molar-refractivity contribution in [1.29, 1.82) is 0 Å². The average molecular weight is 727 g/mol. The fourth-order valence-corrected chi connectivity index (χ4v) is 10.4. The third kappa shape index (κ3) is 6.25. The summed E-state index contributed by atoms with van der Waals surface area (Å²) in [7, 11) is 0. The second-order valence-corrected chi connectivity index (χ2v) is 15.8. The van der Waals surface area contributed by atoms with Crippen molar-refractivity contribution in [2.24, 2.45) is 35.0 Å². The molecule has 0 amide bonds. The molecule has 6 unspecified atom stereocenters. The maximum Gasteiger partial charge on any atom is 0.340 e. The highest BCUT2D eigenvalue weighted by Crippen LogP contribution is 2.72. The maximum absolute atomic E-state index is 14.6. The number of carbonyl (C=O) groups is 2. The highest BCUT2D eigenvalue weighted by Gasteiger charge is 2.68. The van der Waals surface area contributed by atoms with Crippen LogP contribution in [0.3, 0.4) is 0 Å². The number of ether oxygens (including phenoxy) is 2. The number of esters is 2. The van der Waals surface area contributed by atoms with Crippen LogP contribution in [-0.2, 0) is 25.5 Å². The van der Waals surface area contributed by atoms with Gasteiger partial charge in [-0.1, -0.05) is 80.1 Å². The Morgan fingerprint density at radius 2 is 1.67 bits per heavy atom. The Morgan fingerprint density at radius 1 is 0.889 bits per heavy atom. The zero-order chi connectivity index (χ0) is 37.4. The molecule has 7 nitrogen and oxygen atoms in total. The zero-order valence-electron chi connectivity index (χ0n) is 31.0. The SMILES string of the molecule is CCC(C=C1OC(=O)C2=C(c3cc(O)ccc3-c3ccccc3)C3CCC12C1C2=C(CCC31)C(=CCC(CO)CCCCO)OC2=O)Cc1ccccc1. The van der Waals surface area contributed by atoms with Crippen LogP contribution < -0.4 is 0 Å². The van der Waals surface area contributed by atoms with Gasteiger partial charge in [0.25, 0.3) is 0 Å². The molecule has 2 heterocycles. The highest BCUT2D eigenvalue weighted by atomic mass is 16.5. The highest BCUT2D eigenvalue weighted by molar-refractivity contribution is 6.07. The number of rotatable bonds is 13. The van der Waals surface area contributed by atoms with E-state index in [1.807, 2.05) is 54.6 Å². The van der Waals surface area contributed by atoms with Crippen molar-refractivity contribution >= 4 is 17.5 Å². The number of allylic oxidation sites excluding steroid dienone is 5. The zero-order valence-corrected chi connectivity index (χ0v) is 31.0. The molecule has 4 aliphatic carbocycles. The van der Waals surface area contributed by atoms with Gasteiger partial charge in [0.05, 0.1) is 11.0 Å². The summed E-state index contributed by atoms with van der Waals surface area (Å²) < 4.78 is 12.6. The number of aromatic hydroxyl groups is 1. The molecule has 1 saturated carbocycles. The molecule has 3 aromatic carbocycles. The average Bonchev–Trinajstić information content (AvgIpc) is 3.68. The van der Waals surface area contributed by atoms with Gasteiger partial charge < -0.3 is 24.8 Å². The predicted molar refractivity (Wildman–Crippen MR) is 207 cm³/mol. The van der Waals surface area contributed by atoms with Gasteiger partial charge >= 0.3 is 11.9 Å². The normalized spacial score (nSPS) is 26.8. The molecular formula is C47H50O7. The Balaban J connectivity index is 1.29. The van der Waals surface area contributed by atoms with Gasteiger partial charge in [-0.3, -0.25) is 0 Å². The molecule has 3 aromatic rings. The molecule has 6 atom stereocenters.